The monoisotopic (exact) mass is 629 g/mol. The number of anilines is 1. The molecule has 0 spiro atoms. The number of carbonyl (C=O) groups is 2. The van der Waals surface area contributed by atoms with E-state index in [9.17, 15) is 49.1 Å². The summed E-state index contributed by atoms with van der Waals surface area (Å²) in [5.74, 6) is -0.804. The summed E-state index contributed by atoms with van der Waals surface area (Å²) in [6.45, 7) is 6.29. The molecule has 2 aromatic carbocycles. The number of benzene rings is 2. The van der Waals surface area contributed by atoms with Crippen molar-refractivity contribution in [2.24, 2.45) is 5.92 Å². The molecule has 3 rings (SSSR count). The van der Waals surface area contributed by atoms with E-state index in [1.807, 2.05) is 0 Å². The Labute approximate surface area is 240 Å². The van der Waals surface area contributed by atoms with E-state index in [0.717, 1.165) is 17.0 Å². The molecule has 0 saturated carbocycles. The summed E-state index contributed by atoms with van der Waals surface area (Å²) in [7, 11) is 0. The largest absolute Gasteiger partial charge is 0.573 e. The van der Waals surface area contributed by atoms with Crippen molar-refractivity contribution >= 4 is 17.8 Å². The van der Waals surface area contributed by atoms with Crippen LogP contribution in [0.5, 0.6) is 5.75 Å². The van der Waals surface area contributed by atoms with Crippen molar-refractivity contribution in [1.82, 2.24) is 10.2 Å². The van der Waals surface area contributed by atoms with E-state index in [0.29, 0.717) is 12.1 Å². The molecule has 16 heteroatoms. The lowest BCUT2D eigenvalue weighted by Gasteiger charge is -2.29. The fraction of sp³-hybridized carbons (Fsp3) is 0.481. The van der Waals surface area contributed by atoms with Crippen LogP contribution < -0.4 is 15.0 Å². The van der Waals surface area contributed by atoms with Gasteiger partial charge in [-0.15, -0.1) is 13.2 Å². The highest BCUT2D eigenvalue weighted by Crippen LogP contribution is 2.42. The van der Waals surface area contributed by atoms with Crippen LogP contribution in [0, 0.1) is 5.92 Å². The topological polar surface area (TPSA) is 71.1 Å². The van der Waals surface area contributed by atoms with E-state index in [1.165, 1.54) is 17.9 Å². The zero-order valence-corrected chi connectivity index (χ0v) is 23.2. The van der Waals surface area contributed by atoms with Crippen molar-refractivity contribution in [3.63, 3.8) is 0 Å². The van der Waals surface area contributed by atoms with Crippen LogP contribution >= 0.6 is 0 Å². The van der Waals surface area contributed by atoms with E-state index in [2.05, 4.69) is 10.1 Å². The number of rotatable bonds is 8. The number of urea groups is 1. The molecule has 43 heavy (non-hydrogen) atoms. The second-order valence-electron chi connectivity index (χ2n) is 10.2. The number of hydrogen-bond donors (Lipinski definition) is 1. The predicted molar refractivity (Wildman–Crippen MR) is 135 cm³/mol. The quantitative estimate of drug-likeness (QED) is 0.302. The molecule has 3 amide bonds. The van der Waals surface area contributed by atoms with Crippen LogP contribution in [0.4, 0.5) is 54.8 Å². The Morgan fingerprint density at radius 1 is 1.00 bits per heavy atom. The molecule has 2 atom stereocenters. The van der Waals surface area contributed by atoms with Gasteiger partial charge in [-0.2, -0.15) is 26.3 Å². The average Bonchev–Trinajstić information content (AvgIpc) is 3.14. The van der Waals surface area contributed by atoms with Gasteiger partial charge in [0.15, 0.2) is 0 Å². The van der Waals surface area contributed by atoms with E-state index in [1.54, 1.807) is 20.8 Å². The van der Waals surface area contributed by atoms with Crippen molar-refractivity contribution in [1.29, 1.82) is 0 Å². The van der Waals surface area contributed by atoms with E-state index >= 15 is 0 Å². The lowest BCUT2D eigenvalue weighted by molar-refractivity contribution is -0.274. The number of cyclic esters (lactones) is 1. The maximum atomic E-state index is 13.4. The summed E-state index contributed by atoms with van der Waals surface area (Å²) in [6, 6.07) is 2.13. The summed E-state index contributed by atoms with van der Waals surface area (Å²) in [6.07, 6.45) is -18.1. The molecular weight excluding hydrogens is 601 g/mol. The van der Waals surface area contributed by atoms with Gasteiger partial charge in [-0.3, -0.25) is 9.80 Å². The Morgan fingerprint density at radius 2 is 1.58 bits per heavy atom. The van der Waals surface area contributed by atoms with Gasteiger partial charge in [0.2, 0.25) is 0 Å². The first-order valence-corrected chi connectivity index (χ1v) is 12.9. The summed E-state index contributed by atoms with van der Waals surface area (Å²) in [4.78, 5) is 28.0. The van der Waals surface area contributed by atoms with Crippen LogP contribution in [0.1, 0.15) is 56.1 Å². The molecule has 1 heterocycles. The molecule has 2 aromatic rings. The Kier molecular flexibility index (Phi) is 9.71. The van der Waals surface area contributed by atoms with Crippen LogP contribution in [0.3, 0.4) is 0 Å². The molecular formula is C27H28F9N3O4. The molecule has 1 aliphatic rings. The first-order chi connectivity index (χ1) is 19.7. The smallest absolute Gasteiger partial charge is 0.439 e. The molecule has 1 saturated heterocycles. The third-order valence-electron chi connectivity index (χ3n) is 6.37. The molecule has 7 nitrogen and oxygen atoms in total. The molecule has 1 aliphatic heterocycles. The van der Waals surface area contributed by atoms with Crippen molar-refractivity contribution in [3.05, 3.63) is 58.7 Å². The van der Waals surface area contributed by atoms with Gasteiger partial charge < -0.3 is 14.8 Å². The molecule has 0 unspecified atom stereocenters. The summed E-state index contributed by atoms with van der Waals surface area (Å²) in [5.41, 5.74) is -3.73. The van der Waals surface area contributed by atoms with Crippen molar-refractivity contribution < 1.29 is 58.6 Å². The molecule has 0 aliphatic carbocycles. The van der Waals surface area contributed by atoms with Gasteiger partial charge in [-0.25, -0.2) is 9.59 Å². The maximum Gasteiger partial charge on any atom is 0.573 e. The number of halogens is 9. The minimum absolute atomic E-state index is 0.0295. The van der Waals surface area contributed by atoms with Crippen LogP contribution in [-0.4, -0.2) is 42.5 Å². The van der Waals surface area contributed by atoms with Crippen molar-refractivity contribution in [2.75, 3.05) is 18.0 Å². The number of nitrogens with one attached hydrogen (secondary N) is 1. The molecule has 0 bridgehead atoms. The highest BCUT2D eigenvalue weighted by Gasteiger charge is 2.44. The first kappa shape index (κ1) is 33.6. The number of hydrogen-bond acceptors (Lipinski definition) is 4. The average molecular weight is 630 g/mol. The lowest BCUT2D eigenvalue weighted by Crippen LogP contribution is -2.43. The highest BCUT2D eigenvalue weighted by molar-refractivity contribution is 5.93. The first-order valence-electron chi connectivity index (χ1n) is 12.9. The van der Waals surface area contributed by atoms with Gasteiger partial charge >= 0.3 is 30.8 Å². The Morgan fingerprint density at radius 3 is 2.07 bits per heavy atom. The van der Waals surface area contributed by atoms with Crippen LogP contribution in [0.2, 0.25) is 0 Å². The van der Waals surface area contributed by atoms with Gasteiger partial charge in [0.25, 0.3) is 0 Å². The van der Waals surface area contributed by atoms with Gasteiger partial charge in [-0.05, 0) is 67.3 Å². The molecule has 1 N–H and O–H groups in total. The second kappa shape index (κ2) is 12.4. The SMILES string of the molecule is CCNC(=O)N(CC(C)C)c1ccc(OC(F)(F)F)cc1CN1C(=O)O[C@H](c2cc(C(F)(F)F)cc(C(F)(F)F)c2)[C@@H]1C. The number of carbonyl (C=O) groups excluding carboxylic acids is 2. The zero-order chi connectivity index (χ0) is 32.5. The van der Waals surface area contributed by atoms with Gasteiger partial charge in [-0.1, -0.05) is 13.8 Å². The fourth-order valence-corrected chi connectivity index (χ4v) is 4.54. The minimum atomic E-state index is -5.14. The second-order valence-corrected chi connectivity index (χ2v) is 10.2. The number of amides is 3. The molecule has 238 valence electrons. The van der Waals surface area contributed by atoms with E-state index in [4.69, 9.17) is 4.74 Å². The fourth-order valence-electron chi connectivity index (χ4n) is 4.54. The minimum Gasteiger partial charge on any atom is -0.439 e. The Bertz CT molecular complexity index is 1290. The van der Waals surface area contributed by atoms with Crippen molar-refractivity contribution in [2.45, 2.75) is 65.1 Å². The van der Waals surface area contributed by atoms with Gasteiger partial charge in [0.05, 0.1) is 29.4 Å². The third-order valence-corrected chi connectivity index (χ3v) is 6.37. The van der Waals surface area contributed by atoms with Crippen LogP contribution in [-0.2, 0) is 23.6 Å². The predicted octanol–water partition coefficient (Wildman–Crippen LogP) is 7.90. The highest BCUT2D eigenvalue weighted by atomic mass is 19.4. The zero-order valence-electron chi connectivity index (χ0n) is 23.2. The summed E-state index contributed by atoms with van der Waals surface area (Å²) >= 11 is 0. The van der Waals surface area contributed by atoms with E-state index in [-0.39, 0.29) is 36.3 Å². The van der Waals surface area contributed by atoms with Gasteiger partial charge in [0.1, 0.15) is 11.9 Å². The van der Waals surface area contributed by atoms with Crippen LogP contribution in [0.15, 0.2) is 36.4 Å². The Balaban J connectivity index is 2.07. The number of ether oxygens (including phenoxy) is 2. The molecule has 0 aromatic heterocycles. The number of nitrogens with zero attached hydrogens (tertiary/aromatic N) is 2. The number of alkyl halides is 9. The molecule has 1 fully saturated rings. The molecule has 0 radical (unpaired) electrons. The Hall–Kier alpha value is -3.85. The van der Waals surface area contributed by atoms with E-state index < -0.39 is 72.0 Å². The summed E-state index contributed by atoms with van der Waals surface area (Å²) < 4.78 is 129. The lowest BCUT2D eigenvalue weighted by atomic mass is 9.97. The third kappa shape index (κ3) is 8.38. The normalized spacial score (nSPS) is 17.7. The summed E-state index contributed by atoms with van der Waals surface area (Å²) in [5, 5.41) is 2.59. The maximum absolute atomic E-state index is 13.4. The van der Waals surface area contributed by atoms with Crippen molar-refractivity contribution in [3.8, 4) is 5.75 Å². The standard InChI is InChI=1S/C27H28F9N3O4/c1-5-37-23(40)39(12-14(2)3)21-7-6-20(43-27(34,35)36)10-17(21)13-38-15(4)22(42-24(38)41)16-8-18(25(28,29)30)11-19(9-16)26(31,32)33/h6-11,14-15,22H,5,12-13H2,1-4H3,(H,37,40)/t15-,22-/m0/s1. The van der Waals surface area contributed by atoms with Crippen LogP contribution in [0.25, 0.3) is 0 Å². The van der Waals surface area contributed by atoms with Gasteiger partial charge in [0, 0.05) is 13.1 Å².